The van der Waals surface area contributed by atoms with E-state index in [2.05, 4.69) is 10.3 Å². The van der Waals surface area contributed by atoms with Gasteiger partial charge in [0.05, 0.1) is 6.04 Å². The van der Waals surface area contributed by atoms with Crippen molar-refractivity contribution in [2.75, 3.05) is 20.1 Å². The van der Waals surface area contributed by atoms with Gasteiger partial charge in [-0.05, 0) is 0 Å². The highest BCUT2D eigenvalue weighted by Crippen LogP contribution is 2.05. The molecule has 7 heteroatoms. The van der Waals surface area contributed by atoms with Crippen LogP contribution in [0.4, 0.5) is 0 Å². The zero-order valence-electron chi connectivity index (χ0n) is 8.74. The molecule has 1 aliphatic rings. The standard InChI is InChI=1S/C9H12N4O3/c1-13(5-3-10-4-5)8(15)6-2-7(14)12-9(16)11-6/h2,5,10H,3-4H2,1H3,(H2,11,12,14,16). The van der Waals surface area contributed by atoms with Crippen LogP contribution in [0.5, 0.6) is 0 Å². The molecule has 1 aromatic rings. The molecule has 1 aromatic heterocycles. The largest absolute Gasteiger partial charge is 0.335 e. The molecule has 1 amide bonds. The lowest BCUT2D eigenvalue weighted by Gasteiger charge is -2.35. The summed E-state index contributed by atoms with van der Waals surface area (Å²) in [6, 6.07) is 1.21. The van der Waals surface area contributed by atoms with E-state index in [1.54, 1.807) is 7.05 Å². The molecule has 3 N–H and O–H groups in total. The van der Waals surface area contributed by atoms with Crippen molar-refractivity contribution >= 4 is 5.91 Å². The third kappa shape index (κ3) is 1.89. The number of aromatic amines is 2. The van der Waals surface area contributed by atoms with Gasteiger partial charge in [0.1, 0.15) is 5.69 Å². The van der Waals surface area contributed by atoms with Gasteiger partial charge in [0.2, 0.25) is 0 Å². The normalized spacial score (nSPS) is 15.6. The van der Waals surface area contributed by atoms with E-state index in [1.165, 1.54) is 4.90 Å². The van der Waals surface area contributed by atoms with Gasteiger partial charge in [-0.1, -0.05) is 0 Å². The maximum Gasteiger partial charge on any atom is 0.326 e. The van der Waals surface area contributed by atoms with Crippen LogP contribution in [0.15, 0.2) is 15.7 Å². The van der Waals surface area contributed by atoms with E-state index in [0.717, 1.165) is 19.2 Å². The van der Waals surface area contributed by atoms with Crippen LogP contribution < -0.4 is 16.6 Å². The quantitative estimate of drug-likeness (QED) is 0.547. The summed E-state index contributed by atoms with van der Waals surface area (Å²) in [7, 11) is 1.65. The van der Waals surface area contributed by atoms with Gasteiger partial charge in [0.15, 0.2) is 0 Å². The molecule has 0 atom stereocenters. The van der Waals surface area contributed by atoms with Crippen molar-refractivity contribution in [2.24, 2.45) is 0 Å². The first kappa shape index (κ1) is 10.6. The Hall–Kier alpha value is -1.89. The number of aromatic nitrogens is 2. The summed E-state index contributed by atoms with van der Waals surface area (Å²) in [6.45, 7) is 1.46. The lowest BCUT2D eigenvalue weighted by Crippen LogP contribution is -2.57. The molecular formula is C9H12N4O3. The average molecular weight is 224 g/mol. The first-order valence-corrected chi connectivity index (χ1v) is 4.89. The number of nitrogens with zero attached hydrogens (tertiary/aromatic N) is 1. The van der Waals surface area contributed by atoms with Crippen molar-refractivity contribution < 1.29 is 4.79 Å². The third-order valence-electron chi connectivity index (χ3n) is 2.62. The van der Waals surface area contributed by atoms with Gasteiger partial charge in [0.25, 0.3) is 11.5 Å². The van der Waals surface area contributed by atoms with Gasteiger partial charge in [-0.2, -0.15) is 0 Å². The number of rotatable bonds is 2. The van der Waals surface area contributed by atoms with Crippen LogP contribution in [0.2, 0.25) is 0 Å². The number of hydrogen-bond donors (Lipinski definition) is 3. The minimum absolute atomic E-state index is 0.0168. The number of carbonyl (C=O) groups excluding carboxylic acids is 1. The maximum atomic E-state index is 11.9. The van der Waals surface area contributed by atoms with E-state index in [1.807, 2.05) is 4.98 Å². The molecule has 86 valence electrons. The molecular weight excluding hydrogens is 212 g/mol. The van der Waals surface area contributed by atoms with Crippen LogP contribution in [0.3, 0.4) is 0 Å². The molecule has 0 spiro atoms. The zero-order chi connectivity index (χ0) is 11.7. The smallest absolute Gasteiger partial charge is 0.326 e. The molecule has 1 fully saturated rings. The summed E-state index contributed by atoms with van der Waals surface area (Å²) in [5, 5.41) is 3.04. The number of hydrogen-bond acceptors (Lipinski definition) is 4. The second kappa shape index (κ2) is 3.93. The van der Waals surface area contributed by atoms with Crippen molar-refractivity contribution in [3.05, 3.63) is 32.6 Å². The van der Waals surface area contributed by atoms with E-state index in [-0.39, 0.29) is 17.6 Å². The Balaban J connectivity index is 2.25. The molecule has 2 rings (SSSR count). The molecule has 7 nitrogen and oxygen atoms in total. The van der Waals surface area contributed by atoms with Crippen LogP contribution in [0, 0.1) is 0 Å². The molecule has 0 bridgehead atoms. The van der Waals surface area contributed by atoms with Gasteiger partial charge < -0.3 is 15.2 Å². The predicted molar refractivity (Wildman–Crippen MR) is 56.4 cm³/mol. The number of carbonyl (C=O) groups is 1. The molecule has 16 heavy (non-hydrogen) atoms. The maximum absolute atomic E-state index is 11.9. The van der Waals surface area contributed by atoms with Gasteiger partial charge in [-0.25, -0.2) is 4.79 Å². The van der Waals surface area contributed by atoms with Crippen molar-refractivity contribution in [2.45, 2.75) is 6.04 Å². The number of likely N-dealkylation sites (N-methyl/N-ethyl adjacent to an activating group) is 1. The third-order valence-corrected chi connectivity index (χ3v) is 2.62. The Morgan fingerprint density at radius 1 is 1.38 bits per heavy atom. The Morgan fingerprint density at radius 3 is 2.56 bits per heavy atom. The minimum Gasteiger partial charge on any atom is -0.335 e. The molecule has 0 aromatic carbocycles. The topological polar surface area (TPSA) is 98.1 Å². The summed E-state index contributed by atoms with van der Waals surface area (Å²) < 4.78 is 0. The lowest BCUT2D eigenvalue weighted by atomic mass is 10.1. The number of H-pyrrole nitrogens is 2. The summed E-state index contributed by atoms with van der Waals surface area (Å²) in [5.41, 5.74) is -1.23. The number of nitrogens with one attached hydrogen (secondary N) is 3. The Morgan fingerprint density at radius 2 is 2.06 bits per heavy atom. The van der Waals surface area contributed by atoms with Crippen LogP contribution in [0.1, 0.15) is 10.5 Å². The molecule has 1 aliphatic heterocycles. The second-order valence-corrected chi connectivity index (χ2v) is 3.73. The van der Waals surface area contributed by atoms with Crippen LogP contribution >= 0.6 is 0 Å². The first-order chi connectivity index (χ1) is 7.58. The minimum atomic E-state index is -0.670. The summed E-state index contributed by atoms with van der Waals surface area (Å²) in [6.07, 6.45) is 0. The predicted octanol–water partition coefficient (Wildman–Crippen LogP) is -1.89. The van der Waals surface area contributed by atoms with E-state index in [9.17, 15) is 14.4 Å². The van der Waals surface area contributed by atoms with Crippen molar-refractivity contribution in [1.29, 1.82) is 0 Å². The van der Waals surface area contributed by atoms with Gasteiger partial charge in [-0.15, -0.1) is 0 Å². The fraction of sp³-hybridized carbons (Fsp3) is 0.444. The van der Waals surface area contributed by atoms with E-state index in [4.69, 9.17) is 0 Å². The fourth-order valence-electron chi connectivity index (χ4n) is 1.49. The molecule has 0 aliphatic carbocycles. The Kier molecular flexibility index (Phi) is 2.61. The monoisotopic (exact) mass is 224 g/mol. The fourth-order valence-corrected chi connectivity index (χ4v) is 1.49. The zero-order valence-corrected chi connectivity index (χ0v) is 8.74. The van der Waals surface area contributed by atoms with Crippen molar-refractivity contribution in [3.63, 3.8) is 0 Å². The second-order valence-electron chi connectivity index (χ2n) is 3.73. The molecule has 2 heterocycles. The average Bonchev–Trinajstić information content (AvgIpc) is 2.12. The SMILES string of the molecule is CN(C(=O)c1cc(=O)[nH]c(=O)[nH]1)C1CNC1. The van der Waals surface area contributed by atoms with E-state index < -0.39 is 11.2 Å². The molecule has 0 unspecified atom stereocenters. The number of amides is 1. The first-order valence-electron chi connectivity index (χ1n) is 4.89. The molecule has 1 saturated heterocycles. The summed E-state index contributed by atoms with van der Waals surface area (Å²) in [5.74, 6) is -0.352. The molecule has 0 saturated carbocycles. The van der Waals surface area contributed by atoms with Gasteiger partial charge in [-0.3, -0.25) is 14.6 Å². The highest BCUT2D eigenvalue weighted by atomic mass is 16.2. The Labute approximate surface area is 90.5 Å². The summed E-state index contributed by atoms with van der Waals surface area (Å²) >= 11 is 0. The van der Waals surface area contributed by atoms with Crippen molar-refractivity contribution in [1.82, 2.24) is 20.2 Å². The lowest BCUT2D eigenvalue weighted by molar-refractivity contribution is 0.0674. The van der Waals surface area contributed by atoms with Crippen LogP contribution in [0.25, 0.3) is 0 Å². The van der Waals surface area contributed by atoms with Gasteiger partial charge >= 0.3 is 5.69 Å². The summed E-state index contributed by atoms with van der Waals surface area (Å²) in [4.78, 5) is 39.7. The van der Waals surface area contributed by atoms with Gasteiger partial charge in [0, 0.05) is 26.2 Å². The highest BCUT2D eigenvalue weighted by Gasteiger charge is 2.26. The van der Waals surface area contributed by atoms with Crippen LogP contribution in [-0.2, 0) is 0 Å². The highest BCUT2D eigenvalue weighted by molar-refractivity contribution is 5.92. The Bertz CT molecular complexity index is 486. The molecule has 0 radical (unpaired) electrons. The van der Waals surface area contributed by atoms with E-state index in [0.29, 0.717) is 0 Å². The van der Waals surface area contributed by atoms with Crippen molar-refractivity contribution in [3.8, 4) is 0 Å². The van der Waals surface area contributed by atoms with Crippen LogP contribution in [-0.4, -0.2) is 47.0 Å². The van der Waals surface area contributed by atoms with E-state index >= 15 is 0 Å².